The van der Waals surface area contributed by atoms with Gasteiger partial charge in [-0.2, -0.15) is 5.10 Å². The van der Waals surface area contributed by atoms with Crippen LogP contribution in [0.5, 0.6) is 0 Å². The van der Waals surface area contributed by atoms with Gasteiger partial charge in [0.05, 0.1) is 24.7 Å². The molecule has 2 aromatic rings. The van der Waals surface area contributed by atoms with E-state index in [1.165, 1.54) is 18.4 Å². The summed E-state index contributed by atoms with van der Waals surface area (Å²) in [5, 5.41) is 27.6. The van der Waals surface area contributed by atoms with E-state index in [4.69, 9.17) is 11.6 Å². The van der Waals surface area contributed by atoms with Crippen molar-refractivity contribution in [2.24, 2.45) is 16.9 Å². The number of aliphatic hydroxyl groups is 1. The van der Waals surface area contributed by atoms with Crippen molar-refractivity contribution in [2.75, 3.05) is 18.5 Å². The second kappa shape index (κ2) is 7.32. The zero-order valence-electron chi connectivity index (χ0n) is 18.5. The molecule has 2 aliphatic carbocycles. The summed E-state index contributed by atoms with van der Waals surface area (Å²) in [4.78, 5) is 6.37. The number of nitrogens with zero attached hydrogens (tertiary/aromatic N) is 6. The lowest BCUT2D eigenvalue weighted by Gasteiger charge is -2.38. The Hall–Kier alpha value is -2.38. The van der Waals surface area contributed by atoms with Crippen molar-refractivity contribution >= 4 is 29.2 Å². The van der Waals surface area contributed by atoms with Gasteiger partial charge in [-0.25, -0.2) is 4.98 Å². The average Bonchev–Trinajstić information content (AvgIpc) is 3.69. The van der Waals surface area contributed by atoms with Crippen LogP contribution in [0.1, 0.15) is 48.9 Å². The molecule has 3 fully saturated rings. The van der Waals surface area contributed by atoms with Crippen LogP contribution in [0.25, 0.3) is 5.57 Å². The quantitative estimate of drug-likeness (QED) is 0.702. The Bertz CT molecular complexity index is 1100. The third-order valence-corrected chi connectivity index (χ3v) is 7.79. The fraction of sp³-hybridized carbons (Fsp3) is 0.542. The van der Waals surface area contributed by atoms with Crippen LogP contribution >= 0.6 is 11.6 Å². The minimum atomic E-state index is -0.584. The maximum Gasteiger partial charge on any atom is 0.129 e. The molecule has 0 amide bonds. The van der Waals surface area contributed by atoms with E-state index < -0.39 is 6.23 Å². The van der Waals surface area contributed by atoms with Crippen molar-refractivity contribution < 1.29 is 5.11 Å². The minimum Gasteiger partial charge on any atom is -0.436 e. The molecular formula is C24H28ClN6O-. The Morgan fingerprint density at radius 1 is 1.28 bits per heavy atom. The number of pyridine rings is 1. The van der Waals surface area contributed by atoms with Crippen LogP contribution in [0, 0.1) is 18.8 Å². The average molecular weight is 452 g/mol. The maximum atomic E-state index is 11.4. The first-order valence-electron chi connectivity index (χ1n) is 11.5. The van der Waals surface area contributed by atoms with E-state index in [0.29, 0.717) is 11.1 Å². The molecule has 1 N–H and O–H groups in total. The lowest BCUT2D eigenvalue weighted by Crippen LogP contribution is -2.40. The molecule has 2 atom stereocenters. The molecule has 1 saturated heterocycles. The second-order valence-corrected chi connectivity index (χ2v) is 10.3. The zero-order valence-corrected chi connectivity index (χ0v) is 19.3. The third-order valence-electron chi connectivity index (χ3n) is 7.57. The topological polar surface area (TPSA) is 79.0 Å². The predicted molar refractivity (Wildman–Crippen MR) is 125 cm³/mol. The van der Waals surface area contributed by atoms with Crippen LogP contribution in [0.15, 0.2) is 29.0 Å². The molecular weight excluding hydrogens is 424 g/mol. The van der Waals surface area contributed by atoms with Gasteiger partial charge in [-0.05, 0) is 91.4 Å². The molecule has 0 aromatic carbocycles. The van der Waals surface area contributed by atoms with Gasteiger partial charge in [-0.3, -0.25) is 10.1 Å². The number of hydrazone groups is 1. The standard InChI is InChI=1S/C24H28ClN6O/c1-14-21(18-12-27-30(2)13-19(18)16-4-5-16)28-29-22(14)31-23(32)17(10-24(31)7-8-24)9-15-3-6-20(25)26-11-15/h3,6,11-12,16-17,23,32H,4-5,7-10,13H2,1-2H3/q-1/t17-,23?/m1/s1. The van der Waals surface area contributed by atoms with Crippen molar-refractivity contribution in [3.8, 4) is 0 Å². The minimum absolute atomic E-state index is 0.00355. The summed E-state index contributed by atoms with van der Waals surface area (Å²) < 4.78 is 0. The van der Waals surface area contributed by atoms with Crippen LogP contribution in [0.3, 0.4) is 0 Å². The van der Waals surface area contributed by atoms with Crippen LogP contribution in [-0.4, -0.2) is 51.8 Å². The molecule has 0 radical (unpaired) electrons. The van der Waals surface area contributed by atoms with E-state index in [1.807, 2.05) is 36.6 Å². The van der Waals surface area contributed by atoms with Gasteiger partial charge in [0.15, 0.2) is 0 Å². The molecule has 1 spiro atoms. The van der Waals surface area contributed by atoms with E-state index in [-0.39, 0.29) is 11.5 Å². The highest BCUT2D eigenvalue weighted by atomic mass is 35.5. The number of anilines is 1. The number of allylic oxidation sites excluding steroid dienone is 1. The first kappa shape index (κ1) is 20.2. The molecule has 8 heteroatoms. The van der Waals surface area contributed by atoms with Crippen LogP contribution < -0.4 is 10.00 Å². The van der Waals surface area contributed by atoms with Gasteiger partial charge in [0.1, 0.15) is 5.15 Å². The Balaban J connectivity index is 1.31. The van der Waals surface area contributed by atoms with E-state index in [2.05, 4.69) is 32.1 Å². The molecule has 2 saturated carbocycles. The van der Waals surface area contributed by atoms with Crippen molar-refractivity contribution in [1.29, 1.82) is 0 Å². The number of rotatable bonds is 5. The summed E-state index contributed by atoms with van der Waals surface area (Å²) in [5.41, 5.74) is 5.63. The molecule has 4 aliphatic rings. The lowest BCUT2D eigenvalue weighted by molar-refractivity contribution is 0.132. The Morgan fingerprint density at radius 2 is 2.09 bits per heavy atom. The number of hydrogen-bond acceptors (Lipinski definition) is 6. The first-order valence-corrected chi connectivity index (χ1v) is 11.9. The summed E-state index contributed by atoms with van der Waals surface area (Å²) in [5.74, 6) is 1.60. The summed E-state index contributed by atoms with van der Waals surface area (Å²) in [6.45, 7) is 2.94. The fourth-order valence-corrected chi connectivity index (χ4v) is 5.69. The van der Waals surface area contributed by atoms with Gasteiger partial charge in [-0.1, -0.05) is 17.7 Å². The van der Waals surface area contributed by atoms with E-state index in [9.17, 15) is 5.11 Å². The van der Waals surface area contributed by atoms with Gasteiger partial charge < -0.3 is 15.1 Å². The van der Waals surface area contributed by atoms with Gasteiger partial charge in [-0.15, -0.1) is 0 Å². The molecule has 2 aliphatic heterocycles. The lowest BCUT2D eigenvalue weighted by atomic mass is 9.96. The Labute approximate surface area is 193 Å². The van der Waals surface area contributed by atoms with Gasteiger partial charge in [0.2, 0.25) is 0 Å². The molecule has 2 aromatic heterocycles. The SMILES string of the molecule is Cc1c(C2=C(C3CC3)CN(C)N=C2)n[n-]c1N1C(O)[C@H](Cc2ccc(Cl)nc2)CC12CC2. The molecule has 4 heterocycles. The van der Waals surface area contributed by atoms with E-state index >= 15 is 0 Å². The van der Waals surface area contributed by atoms with Crippen molar-refractivity contribution in [3.05, 3.63) is 45.9 Å². The first-order chi connectivity index (χ1) is 15.4. The van der Waals surface area contributed by atoms with Crippen LogP contribution in [0.2, 0.25) is 5.15 Å². The molecule has 32 heavy (non-hydrogen) atoms. The monoisotopic (exact) mass is 451 g/mol. The summed E-state index contributed by atoms with van der Waals surface area (Å²) in [7, 11) is 2.01. The van der Waals surface area contributed by atoms with E-state index in [1.54, 1.807) is 0 Å². The number of halogens is 1. The number of aromatic nitrogens is 3. The predicted octanol–water partition coefficient (Wildman–Crippen LogP) is 3.41. The van der Waals surface area contributed by atoms with Gasteiger partial charge in [0.25, 0.3) is 0 Å². The van der Waals surface area contributed by atoms with E-state index in [0.717, 1.165) is 60.4 Å². The number of hydrogen-bond donors (Lipinski definition) is 1. The van der Waals surface area contributed by atoms with Gasteiger partial charge >= 0.3 is 0 Å². The molecule has 1 unspecified atom stereocenters. The molecule has 0 bridgehead atoms. The second-order valence-electron chi connectivity index (χ2n) is 9.94. The fourth-order valence-electron chi connectivity index (χ4n) is 5.57. The number of likely N-dealkylation sites (N-methyl/N-ethyl adjacent to an activating group) is 1. The molecule has 168 valence electrons. The number of aliphatic hydroxyl groups excluding tert-OH is 1. The zero-order chi connectivity index (χ0) is 22.0. The van der Waals surface area contributed by atoms with Crippen LogP contribution in [0.4, 0.5) is 5.82 Å². The van der Waals surface area contributed by atoms with Crippen molar-refractivity contribution in [3.63, 3.8) is 0 Å². The molecule has 6 rings (SSSR count). The summed E-state index contributed by atoms with van der Waals surface area (Å²) in [6, 6.07) is 3.82. The Kier molecular flexibility index (Phi) is 4.63. The Morgan fingerprint density at radius 3 is 2.78 bits per heavy atom. The van der Waals surface area contributed by atoms with Gasteiger partial charge in [0, 0.05) is 18.8 Å². The van der Waals surface area contributed by atoms with Crippen molar-refractivity contribution in [2.45, 2.75) is 57.2 Å². The molecule has 7 nitrogen and oxygen atoms in total. The highest BCUT2D eigenvalue weighted by Crippen LogP contribution is 2.56. The van der Waals surface area contributed by atoms with Crippen LogP contribution in [-0.2, 0) is 6.42 Å². The highest BCUT2D eigenvalue weighted by Gasteiger charge is 2.53. The third kappa shape index (κ3) is 3.33. The maximum absolute atomic E-state index is 11.4. The summed E-state index contributed by atoms with van der Waals surface area (Å²) in [6.07, 6.45) is 9.58. The normalized spacial score (nSPS) is 26.5. The summed E-state index contributed by atoms with van der Waals surface area (Å²) >= 11 is 5.94. The highest BCUT2D eigenvalue weighted by molar-refractivity contribution is 6.29. The largest absolute Gasteiger partial charge is 0.436 e. The van der Waals surface area contributed by atoms with Crippen molar-refractivity contribution in [1.82, 2.24) is 20.2 Å². The smallest absolute Gasteiger partial charge is 0.129 e.